The summed E-state index contributed by atoms with van der Waals surface area (Å²) < 4.78 is 1.62. The molecule has 0 bridgehead atoms. The highest BCUT2D eigenvalue weighted by atomic mass is 16.2. The molecule has 2 N–H and O–H groups in total. The average Bonchev–Trinajstić information content (AvgIpc) is 3.03. The maximum atomic E-state index is 12.5. The molecule has 0 unspecified atom stereocenters. The summed E-state index contributed by atoms with van der Waals surface area (Å²) in [6.07, 6.45) is 1.73. The zero-order chi connectivity index (χ0) is 15.9. The molecule has 0 radical (unpaired) electrons. The van der Waals surface area contributed by atoms with Crippen molar-refractivity contribution in [2.75, 3.05) is 5.32 Å². The molecular formula is C16H19N5O. The van der Waals surface area contributed by atoms with Crippen molar-refractivity contribution in [2.45, 2.75) is 26.2 Å². The summed E-state index contributed by atoms with van der Waals surface area (Å²) in [7, 11) is 1.78. The second-order valence-electron chi connectivity index (χ2n) is 6.41. The van der Waals surface area contributed by atoms with Crippen LogP contribution in [0, 0.1) is 0 Å². The molecule has 0 spiro atoms. The van der Waals surface area contributed by atoms with E-state index in [1.165, 1.54) is 0 Å². The number of carbonyl (C=O) groups excluding carboxylic acids is 1. The van der Waals surface area contributed by atoms with Crippen LogP contribution >= 0.6 is 0 Å². The molecule has 0 atom stereocenters. The minimum atomic E-state index is -0.173. The first-order chi connectivity index (χ1) is 10.3. The molecule has 0 saturated carbocycles. The van der Waals surface area contributed by atoms with Crippen LogP contribution in [-0.2, 0) is 12.5 Å². The summed E-state index contributed by atoms with van der Waals surface area (Å²) >= 11 is 0. The molecule has 3 aromatic rings. The Morgan fingerprint density at radius 3 is 2.73 bits per heavy atom. The van der Waals surface area contributed by atoms with E-state index in [1.807, 2.05) is 24.3 Å². The lowest BCUT2D eigenvalue weighted by molar-refractivity contribution is 0.101. The molecule has 0 fully saturated rings. The first kappa shape index (κ1) is 14.3. The van der Waals surface area contributed by atoms with Crippen molar-refractivity contribution < 1.29 is 4.79 Å². The lowest BCUT2D eigenvalue weighted by atomic mass is 9.92. The average molecular weight is 297 g/mol. The number of aryl methyl sites for hydroxylation is 1. The van der Waals surface area contributed by atoms with Crippen molar-refractivity contribution in [3.05, 3.63) is 41.9 Å². The molecule has 0 aliphatic carbocycles. The van der Waals surface area contributed by atoms with Gasteiger partial charge in [-0.2, -0.15) is 10.2 Å². The van der Waals surface area contributed by atoms with Crippen LogP contribution in [-0.4, -0.2) is 25.9 Å². The summed E-state index contributed by atoms with van der Waals surface area (Å²) in [5.41, 5.74) is 3.01. The summed E-state index contributed by atoms with van der Waals surface area (Å²) in [6.45, 7) is 6.22. The fourth-order valence-corrected chi connectivity index (χ4v) is 2.26. The van der Waals surface area contributed by atoms with Gasteiger partial charge >= 0.3 is 0 Å². The third kappa shape index (κ3) is 2.59. The van der Waals surface area contributed by atoms with E-state index < -0.39 is 0 Å². The van der Waals surface area contributed by atoms with Crippen molar-refractivity contribution in [2.24, 2.45) is 7.05 Å². The highest BCUT2D eigenvalue weighted by molar-refractivity contribution is 6.04. The molecule has 6 heteroatoms. The molecular weight excluding hydrogens is 278 g/mol. The molecule has 3 rings (SSSR count). The van der Waals surface area contributed by atoms with Gasteiger partial charge in [0.15, 0.2) is 0 Å². The fraction of sp³-hybridized carbons (Fsp3) is 0.312. The number of hydrogen-bond acceptors (Lipinski definition) is 3. The number of aromatic nitrogens is 4. The van der Waals surface area contributed by atoms with Crippen molar-refractivity contribution in [1.82, 2.24) is 20.0 Å². The molecule has 6 nitrogen and oxygen atoms in total. The van der Waals surface area contributed by atoms with E-state index in [2.05, 4.69) is 41.4 Å². The van der Waals surface area contributed by atoms with Gasteiger partial charge < -0.3 is 5.32 Å². The van der Waals surface area contributed by atoms with Crippen LogP contribution in [0.5, 0.6) is 0 Å². The minimum absolute atomic E-state index is 0.0913. The number of aromatic amines is 1. The Morgan fingerprint density at radius 1 is 1.27 bits per heavy atom. The largest absolute Gasteiger partial charge is 0.321 e. The van der Waals surface area contributed by atoms with E-state index in [0.717, 1.165) is 22.3 Å². The van der Waals surface area contributed by atoms with Gasteiger partial charge in [-0.1, -0.05) is 20.8 Å². The summed E-state index contributed by atoms with van der Waals surface area (Å²) in [5, 5.41) is 15.1. The summed E-state index contributed by atoms with van der Waals surface area (Å²) in [6, 6.07) is 7.46. The molecule has 0 aliphatic heterocycles. The fourth-order valence-electron chi connectivity index (χ4n) is 2.26. The Balaban J connectivity index is 1.86. The number of H-pyrrole nitrogens is 1. The second-order valence-corrected chi connectivity index (χ2v) is 6.41. The van der Waals surface area contributed by atoms with Gasteiger partial charge in [-0.3, -0.25) is 14.6 Å². The second kappa shape index (κ2) is 4.98. The van der Waals surface area contributed by atoms with Crippen molar-refractivity contribution in [3.63, 3.8) is 0 Å². The molecule has 0 saturated heterocycles. The lowest BCUT2D eigenvalue weighted by Gasteiger charge is -2.13. The number of fused-ring (bicyclic) bond motifs is 1. The number of nitrogens with one attached hydrogen (secondary N) is 2. The van der Waals surface area contributed by atoms with Crippen molar-refractivity contribution >= 4 is 22.5 Å². The highest BCUT2D eigenvalue weighted by Gasteiger charge is 2.21. The van der Waals surface area contributed by atoms with Crippen molar-refractivity contribution in [1.29, 1.82) is 0 Å². The van der Waals surface area contributed by atoms with Gasteiger partial charge in [0.1, 0.15) is 5.69 Å². The lowest BCUT2D eigenvalue weighted by Crippen LogP contribution is -2.15. The molecule has 114 valence electrons. The van der Waals surface area contributed by atoms with E-state index in [9.17, 15) is 4.79 Å². The van der Waals surface area contributed by atoms with Gasteiger partial charge in [-0.05, 0) is 24.3 Å². The van der Waals surface area contributed by atoms with Gasteiger partial charge in [0.05, 0.1) is 17.4 Å². The molecule has 1 aromatic carbocycles. The topological polar surface area (TPSA) is 75.6 Å². The standard InChI is InChI=1S/C16H19N5O/c1-16(2,3)14-8-13(21(4)20-14)15(22)18-11-5-6-12-10(7-11)9-17-19-12/h5-9H,1-4H3,(H,17,19)(H,18,22). The van der Waals surface area contributed by atoms with Crippen LogP contribution in [0.25, 0.3) is 10.9 Å². The van der Waals surface area contributed by atoms with E-state index in [-0.39, 0.29) is 11.3 Å². The Morgan fingerprint density at radius 2 is 2.05 bits per heavy atom. The number of carbonyl (C=O) groups is 1. The maximum Gasteiger partial charge on any atom is 0.273 e. The number of benzene rings is 1. The zero-order valence-electron chi connectivity index (χ0n) is 13.1. The minimum Gasteiger partial charge on any atom is -0.321 e. The van der Waals surface area contributed by atoms with E-state index >= 15 is 0 Å². The highest BCUT2D eigenvalue weighted by Crippen LogP contribution is 2.22. The summed E-state index contributed by atoms with van der Waals surface area (Å²) in [5.74, 6) is -0.173. The van der Waals surface area contributed by atoms with Crippen LogP contribution < -0.4 is 5.32 Å². The molecule has 22 heavy (non-hydrogen) atoms. The van der Waals surface area contributed by atoms with Crippen LogP contribution in [0.3, 0.4) is 0 Å². The molecule has 2 heterocycles. The molecule has 0 aliphatic rings. The van der Waals surface area contributed by atoms with E-state index in [0.29, 0.717) is 5.69 Å². The third-order valence-corrected chi connectivity index (χ3v) is 3.58. The van der Waals surface area contributed by atoms with Gasteiger partial charge in [0.25, 0.3) is 5.91 Å². The van der Waals surface area contributed by atoms with Gasteiger partial charge in [0.2, 0.25) is 0 Å². The Kier molecular flexibility index (Phi) is 3.24. The molecule has 1 amide bonds. The van der Waals surface area contributed by atoms with Crippen LogP contribution in [0.4, 0.5) is 5.69 Å². The van der Waals surface area contributed by atoms with Gasteiger partial charge in [0, 0.05) is 23.5 Å². The zero-order valence-corrected chi connectivity index (χ0v) is 13.1. The number of rotatable bonds is 2. The van der Waals surface area contributed by atoms with Crippen LogP contribution in [0.1, 0.15) is 37.0 Å². The first-order valence-electron chi connectivity index (χ1n) is 7.13. The van der Waals surface area contributed by atoms with Crippen molar-refractivity contribution in [3.8, 4) is 0 Å². The van der Waals surface area contributed by atoms with Gasteiger partial charge in [-0.15, -0.1) is 0 Å². The molecule has 2 aromatic heterocycles. The number of amides is 1. The normalized spacial score (nSPS) is 11.8. The smallest absolute Gasteiger partial charge is 0.273 e. The number of nitrogens with zero attached hydrogens (tertiary/aromatic N) is 3. The first-order valence-corrected chi connectivity index (χ1v) is 7.13. The maximum absolute atomic E-state index is 12.5. The number of hydrogen-bond donors (Lipinski definition) is 2. The van der Waals surface area contributed by atoms with E-state index in [4.69, 9.17) is 0 Å². The third-order valence-electron chi connectivity index (χ3n) is 3.58. The summed E-state index contributed by atoms with van der Waals surface area (Å²) in [4.78, 5) is 12.5. The van der Waals surface area contributed by atoms with Gasteiger partial charge in [-0.25, -0.2) is 0 Å². The van der Waals surface area contributed by atoms with Crippen LogP contribution in [0.15, 0.2) is 30.5 Å². The van der Waals surface area contributed by atoms with Crippen LogP contribution in [0.2, 0.25) is 0 Å². The Labute approximate surface area is 128 Å². The number of anilines is 1. The SMILES string of the molecule is Cn1nc(C(C)(C)C)cc1C(=O)Nc1ccc2[nH]ncc2c1. The predicted octanol–water partition coefficient (Wildman–Crippen LogP) is 2.85. The Hall–Kier alpha value is -2.63. The predicted molar refractivity (Wildman–Crippen MR) is 86.0 cm³/mol. The Bertz CT molecular complexity index is 838. The monoisotopic (exact) mass is 297 g/mol. The quantitative estimate of drug-likeness (QED) is 0.763. The van der Waals surface area contributed by atoms with E-state index in [1.54, 1.807) is 17.9 Å².